The van der Waals surface area contributed by atoms with E-state index in [1.165, 1.54) is 12.1 Å². The van der Waals surface area contributed by atoms with Crippen LogP contribution in [0.2, 0.25) is 0 Å². The molecule has 2 aromatic heterocycles. The molecule has 0 aliphatic rings. The van der Waals surface area contributed by atoms with E-state index < -0.39 is 5.97 Å². The lowest BCUT2D eigenvalue weighted by Gasteiger charge is -2.06. The van der Waals surface area contributed by atoms with E-state index in [2.05, 4.69) is 16.0 Å². The van der Waals surface area contributed by atoms with Crippen molar-refractivity contribution in [2.45, 2.75) is 6.61 Å². The quantitative estimate of drug-likeness (QED) is 0.603. The third-order valence-electron chi connectivity index (χ3n) is 3.98. The van der Waals surface area contributed by atoms with Crippen molar-refractivity contribution in [2.75, 3.05) is 0 Å². The van der Waals surface area contributed by atoms with E-state index in [-0.39, 0.29) is 18.1 Å². The summed E-state index contributed by atoms with van der Waals surface area (Å²) in [5.41, 5.74) is 2.93. The molecule has 0 spiro atoms. The number of nitrogens with zero attached hydrogens (tertiary/aromatic N) is 4. The second kappa shape index (κ2) is 5.89. The van der Waals surface area contributed by atoms with E-state index in [9.17, 15) is 10.1 Å². The highest BCUT2D eigenvalue weighted by Crippen LogP contribution is 2.26. The number of aryl methyl sites for hydroxylation is 1. The molecular weight excluding hydrogens is 336 g/mol. The number of nitriles is 1. The van der Waals surface area contributed by atoms with Crippen LogP contribution in [0.1, 0.15) is 21.8 Å². The summed E-state index contributed by atoms with van der Waals surface area (Å²) in [6.45, 7) is 0.00905. The molecule has 0 bridgehead atoms. The van der Waals surface area contributed by atoms with E-state index >= 15 is 0 Å². The molecule has 0 aliphatic carbocycles. The van der Waals surface area contributed by atoms with Gasteiger partial charge in [0.2, 0.25) is 5.89 Å². The molecule has 4 aromatic rings. The number of carboxylic acid groups (broad SMARTS) is 1. The molecule has 0 saturated heterocycles. The highest BCUT2D eigenvalue weighted by Gasteiger charge is 2.13. The maximum Gasteiger partial charge on any atom is 0.335 e. The first-order valence-corrected chi connectivity index (χ1v) is 7.66. The third-order valence-corrected chi connectivity index (χ3v) is 3.98. The molecule has 128 valence electrons. The molecule has 0 saturated carbocycles. The number of hydrogen-bond acceptors (Lipinski definition) is 6. The van der Waals surface area contributed by atoms with E-state index in [4.69, 9.17) is 14.3 Å². The van der Waals surface area contributed by atoms with Crippen molar-refractivity contribution in [3.8, 4) is 11.8 Å². The SMILES string of the molecule is Cn1cnc2cc(C#N)c(OCc3nc4ccc(C(=O)O)cc4o3)cc21. The highest BCUT2D eigenvalue weighted by atomic mass is 16.5. The van der Waals surface area contributed by atoms with Gasteiger partial charge in [-0.2, -0.15) is 5.26 Å². The number of imidazole rings is 1. The lowest BCUT2D eigenvalue weighted by Crippen LogP contribution is -1.98. The van der Waals surface area contributed by atoms with Crippen LogP contribution in [0.5, 0.6) is 5.75 Å². The van der Waals surface area contributed by atoms with Gasteiger partial charge in [0.05, 0.1) is 28.5 Å². The van der Waals surface area contributed by atoms with Crippen LogP contribution < -0.4 is 4.74 Å². The number of carbonyl (C=O) groups is 1. The number of fused-ring (bicyclic) bond motifs is 2. The molecule has 0 atom stereocenters. The van der Waals surface area contributed by atoms with Gasteiger partial charge in [-0.3, -0.25) is 0 Å². The molecule has 2 heterocycles. The zero-order valence-electron chi connectivity index (χ0n) is 13.6. The van der Waals surface area contributed by atoms with Crippen molar-refractivity contribution in [3.63, 3.8) is 0 Å². The van der Waals surface area contributed by atoms with Gasteiger partial charge in [-0.05, 0) is 24.3 Å². The molecule has 0 fully saturated rings. The zero-order valence-corrected chi connectivity index (χ0v) is 13.6. The summed E-state index contributed by atoms with van der Waals surface area (Å²) < 4.78 is 13.1. The first-order valence-electron chi connectivity index (χ1n) is 7.66. The van der Waals surface area contributed by atoms with Crippen LogP contribution in [0, 0.1) is 11.3 Å². The highest BCUT2D eigenvalue weighted by molar-refractivity contribution is 5.91. The smallest absolute Gasteiger partial charge is 0.335 e. The van der Waals surface area contributed by atoms with Gasteiger partial charge < -0.3 is 18.8 Å². The average Bonchev–Trinajstić information content (AvgIpc) is 3.21. The Hall–Kier alpha value is -3.86. The Bertz CT molecular complexity index is 1200. The van der Waals surface area contributed by atoms with Crippen molar-refractivity contribution in [2.24, 2.45) is 7.05 Å². The summed E-state index contributed by atoms with van der Waals surface area (Å²) in [5.74, 6) is -0.349. The summed E-state index contributed by atoms with van der Waals surface area (Å²) in [4.78, 5) is 19.5. The molecule has 1 N–H and O–H groups in total. The normalized spacial score (nSPS) is 10.9. The van der Waals surface area contributed by atoms with Gasteiger partial charge in [0.15, 0.2) is 12.2 Å². The number of aromatic carboxylic acids is 1. The Balaban J connectivity index is 1.63. The number of carboxylic acids is 1. The molecule has 8 heteroatoms. The fourth-order valence-corrected chi connectivity index (χ4v) is 2.67. The van der Waals surface area contributed by atoms with Crippen LogP contribution in [0.4, 0.5) is 0 Å². The van der Waals surface area contributed by atoms with Crippen molar-refractivity contribution in [3.05, 3.63) is 53.7 Å². The van der Waals surface area contributed by atoms with Crippen LogP contribution in [0.3, 0.4) is 0 Å². The fraction of sp³-hybridized carbons (Fsp3) is 0.111. The van der Waals surface area contributed by atoms with Crippen LogP contribution in [0.15, 0.2) is 41.1 Å². The van der Waals surface area contributed by atoms with Crippen molar-refractivity contribution >= 4 is 28.1 Å². The Morgan fingerprint density at radius 1 is 1.35 bits per heavy atom. The van der Waals surface area contributed by atoms with Gasteiger partial charge in [-0.25, -0.2) is 14.8 Å². The monoisotopic (exact) mass is 348 g/mol. The molecular formula is C18H12N4O4. The van der Waals surface area contributed by atoms with E-state index in [1.807, 2.05) is 11.6 Å². The molecule has 4 rings (SSSR count). The Labute approximate surface area is 146 Å². The topological polar surface area (TPSA) is 114 Å². The summed E-state index contributed by atoms with van der Waals surface area (Å²) in [5, 5.41) is 18.3. The van der Waals surface area contributed by atoms with Gasteiger partial charge in [0.25, 0.3) is 0 Å². The number of rotatable bonds is 4. The number of ether oxygens (including phenoxy) is 1. The molecule has 8 nitrogen and oxygen atoms in total. The minimum Gasteiger partial charge on any atom is -0.482 e. The molecule has 2 aromatic carbocycles. The van der Waals surface area contributed by atoms with Gasteiger partial charge in [0.1, 0.15) is 17.3 Å². The summed E-state index contributed by atoms with van der Waals surface area (Å²) in [6, 6.07) is 9.95. The fourth-order valence-electron chi connectivity index (χ4n) is 2.67. The standard InChI is InChI=1S/C18H12N4O4/c1-22-9-20-13-4-11(7-19)15(6-14(13)22)25-8-17-21-12-3-2-10(18(23)24)5-16(12)26-17/h2-6,9H,8H2,1H3,(H,23,24). The Morgan fingerprint density at radius 3 is 2.96 bits per heavy atom. The first-order chi connectivity index (χ1) is 12.5. The number of hydrogen-bond donors (Lipinski definition) is 1. The van der Waals surface area contributed by atoms with E-state index in [0.29, 0.717) is 27.9 Å². The Kier molecular flexibility index (Phi) is 3.55. The lowest BCUT2D eigenvalue weighted by atomic mass is 10.2. The molecule has 0 amide bonds. The molecule has 0 radical (unpaired) electrons. The van der Waals surface area contributed by atoms with Crippen LogP contribution >= 0.6 is 0 Å². The Morgan fingerprint density at radius 2 is 2.19 bits per heavy atom. The van der Waals surface area contributed by atoms with Crippen molar-refractivity contribution in [1.29, 1.82) is 5.26 Å². The minimum atomic E-state index is -1.04. The number of aromatic nitrogens is 3. The number of oxazole rings is 1. The van der Waals surface area contributed by atoms with E-state index in [0.717, 1.165) is 5.52 Å². The lowest BCUT2D eigenvalue weighted by molar-refractivity contribution is 0.0697. The van der Waals surface area contributed by atoms with Crippen molar-refractivity contribution < 1.29 is 19.1 Å². The third kappa shape index (κ3) is 2.61. The van der Waals surface area contributed by atoms with Gasteiger partial charge in [0, 0.05) is 13.1 Å². The summed E-state index contributed by atoms with van der Waals surface area (Å²) in [7, 11) is 1.85. The molecule has 26 heavy (non-hydrogen) atoms. The summed E-state index contributed by atoms with van der Waals surface area (Å²) >= 11 is 0. The van der Waals surface area contributed by atoms with E-state index in [1.54, 1.807) is 24.5 Å². The van der Waals surface area contributed by atoms with Gasteiger partial charge in [-0.15, -0.1) is 0 Å². The predicted octanol–water partition coefficient (Wildman–Crippen LogP) is 2.86. The average molecular weight is 348 g/mol. The van der Waals surface area contributed by atoms with Crippen LogP contribution in [-0.4, -0.2) is 25.6 Å². The predicted molar refractivity (Wildman–Crippen MR) is 90.7 cm³/mol. The van der Waals surface area contributed by atoms with Crippen LogP contribution in [0.25, 0.3) is 22.1 Å². The zero-order chi connectivity index (χ0) is 18.3. The first kappa shape index (κ1) is 15.7. The minimum absolute atomic E-state index is 0.00905. The largest absolute Gasteiger partial charge is 0.482 e. The maximum absolute atomic E-state index is 11.0. The number of benzene rings is 2. The van der Waals surface area contributed by atoms with Crippen LogP contribution in [-0.2, 0) is 13.7 Å². The molecule has 0 aliphatic heterocycles. The summed E-state index contributed by atoms with van der Waals surface area (Å²) in [6.07, 6.45) is 1.66. The molecule has 0 unspecified atom stereocenters. The van der Waals surface area contributed by atoms with Crippen molar-refractivity contribution in [1.82, 2.24) is 14.5 Å². The maximum atomic E-state index is 11.0. The van der Waals surface area contributed by atoms with Gasteiger partial charge in [-0.1, -0.05) is 0 Å². The second-order valence-corrected chi connectivity index (χ2v) is 5.69. The van der Waals surface area contributed by atoms with Gasteiger partial charge >= 0.3 is 5.97 Å². The second-order valence-electron chi connectivity index (χ2n) is 5.69.